The van der Waals surface area contributed by atoms with Gasteiger partial charge in [0.05, 0.1) is 12.4 Å². The highest BCUT2D eigenvalue weighted by Gasteiger charge is 2.06. The van der Waals surface area contributed by atoms with E-state index in [2.05, 4.69) is 28.9 Å². The molecule has 0 atom stereocenters. The lowest BCUT2D eigenvalue weighted by molar-refractivity contribution is 0.720. The molecule has 62 valence electrons. The third-order valence-corrected chi connectivity index (χ3v) is 1.75. The third-order valence-electron chi connectivity index (χ3n) is 1.75. The first kappa shape index (κ1) is 7.21. The molecule has 2 heterocycles. The second kappa shape index (κ2) is 2.55. The molecule has 0 N–H and O–H groups in total. The minimum absolute atomic E-state index is 0.391. The normalized spacial score (nSPS) is 11.2. The van der Waals surface area contributed by atoms with Gasteiger partial charge < -0.3 is 0 Å². The van der Waals surface area contributed by atoms with Crippen LogP contribution in [0.1, 0.15) is 25.6 Å². The van der Waals surface area contributed by atoms with Gasteiger partial charge in [-0.1, -0.05) is 13.8 Å². The molecule has 2 aromatic rings. The maximum atomic E-state index is 4.26. The Hall–Kier alpha value is -1.45. The molecule has 4 heteroatoms. The minimum Gasteiger partial charge on any atom is -0.241 e. The van der Waals surface area contributed by atoms with Crippen LogP contribution in [-0.4, -0.2) is 19.6 Å². The number of hydrogen-bond donors (Lipinski definition) is 0. The van der Waals surface area contributed by atoms with Crippen LogP contribution in [0.2, 0.25) is 0 Å². The highest BCUT2D eigenvalue weighted by atomic mass is 15.3. The summed E-state index contributed by atoms with van der Waals surface area (Å²) < 4.78 is 1.82. The summed E-state index contributed by atoms with van der Waals surface area (Å²) in [5.41, 5.74) is 0.946. The Morgan fingerprint density at radius 3 is 2.92 bits per heavy atom. The lowest BCUT2D eigenvalue weighted by Gasteiger charge is -2.00. The van der Waals surface area contributed by atoms with Gasteiger partial charge in [-0.3, -0.25) is 0 Å². The van der Waals surface area contributed by atoms with Crippen LogP contribution >= 0.6 is 0 Å². The molecule has 2 aromatic heterocycles. The fourth-order valence-electron chi connectivity index (χ4n) is 1.17. The van der Waals surface area contributed by atoms with Gasteiger partial charge in [0.15, 0.2) is 0 Å². The Kier molecular flexibility index (Phi) is 1.53. The van der Waals surface area contributed by atoms with Crippen LogP contribution in [0.15, 0.2) is 18.7 Å². The highest BCUT2D eigenvalue weighted by Crippen LogP contribution is 2.12. The van der Waals surface area contributed by atoms with Crippen molar-refractivity contribution in [2.75, 3.05) is 0 Å². The van der Waals surface area contributed by atoms with E-state index in [9.17, 15) is 0 Å². The standard InChI is InChI=1S/C8H10N4/c1-6(2)8-10-4-7-3-9-5-11-12(7)8/h3-6H,1-2H3. The molecule has 12 heavy (non-hydrogen) atoms. The van der Waals surface area contributed by atoms with Gasteiger partial charge in [0.25, 0.3) is 0 Å². The van der Waals surface area contributed by atoms with Crippen molar-refractivity contribution in [3.63, 3.8) is 0 Å². The Morgan fingerprint density at radius 1 is 1.33 bits per heavy atom. The first-order valence-corrected chi connectivity index (χ1v) is 3.92. The third kappa shape index (κ3) is 0.958. The van der Waals surface area contributed by atoms with Crippen molar-refractivity contribution < 1.29 is 0 Å². The largest absolute Gasteiger partial charge is 0.241 e. The SMILES string of the molecule is CC(C)c1ncc2cncnn12. The van der Waals surface area contributed by atoms with Crippen LogP contribution in [-0.2, 0) is 0 Å². The summed E-state index contributed by atoms with van der Waals surface area (Å²) in [4.78, 5) is 8.17. The van der Waals surface area contributed by atoms with Gasteiger partial charge in [-0.15, -0.1) is 0 Å². The predicted octanol–water partition coefficient (Wildman–Crippen LogP) is 1.25. The summed E-state index contributed by atoms with van der Waals surface area (Å²) in [6.07, 6.45) is 5.07. The van der Waals surface area contributed by atoms with Gasteiger partial charge in [-0.05, 0) is 0 Å². The number of hydrogen-bond acceptors (Lipinski definition) is 3. The molecule has 0 radical (unpaired) electrons. The lowest BCUT2D eigenvalue weighted by Crippen LogP contribution is -2.00. The van der Waals surface area contributed by atoms with E-state index in [-0.39, 0.29) is 0 Å². The Morgan fingerprint density at radius 2 is 2.17 bits per heavy atom. The van der Waals surface area contributed by atoms with E-state index in [4.69, 9.17) is 0 Å². The summed E-state index contributed by atoms with van der Waals surface area (Å²) >= 11 is 0. The zero-order chi connectivity index (χ0) is 8.55. The Bertz CT molecular complexity index is 391. The fraction of sp³-hybridized carbons (Fsp3) is 0.375. The summed E-state index contributed by atoms with van der Waals surface area (Å²) in [6.45, 7) is 4.19. The topological polar surface area (TPSA) is 43.1 Å². The molecule has 0 fully saturated rings. The lowest BCUT2D eigenvalue weighted by atomic mass is 10.2. The highest BCUT2D eigenvalue weighted by molar-refractivity contribution is 5.41. The van der Waals surface area contributed by atoms with Gasteiger partial charge in [0.1, 0.15) is 17.7 Å². The average Bonchev–Trinajstić information content (AvgIpc) is 2.47. The smallest absolute Gasteiger partial charge is 0.136 e. The number of aromatic nitrogens is 4. The van der Waals surface area contributed by atoms with Crippen LogP contribution in [0.4, 0.5) is 0 Å². The maximum Gasteiger partial charge on any atom is 0.136 e. The van der Waals surface area contributed by atoms with Gasteiger partial charge in [-0.25, -0.2) is 14.5 Å². The molecular weight excluding hydrogens is 152 g/mol. The molecule has 0 unspecified atom stereocenters. The quantitative estimate of drug-likeness (QED) is 0.633. The molecule has 0 aromatic carbocycles. The van der Waals surface area contributed by atoms with Crippen LogP contribution < -0.4 is 0 Å². The van der Waals surface area contributed by atoms with Crippen LogP contribution in [0, 0.1) is 0 Å². The molecule has 0 spiro atoms. The summed E-state index contributed by atoms with van der Waals surface area (Å²) in [6, 6.07) is 0. The molecule has 0 saturated carbocycles. The Balaban J connectivity index is 2.70. The molecule has 0 amide bonds. The van der Waals surface area contributed by atoms with Crippen molar-refractivity contribution in [1.82, 2.24) is 19.6 Å². The molecule has 0 aliphatic rings. The number of rotatable bonds is 1. The summed E-state index contributed by atoms with van der Waals surface area (Å²) in [7, 11) is 0. The molecule has 2 rings (SSSR count). The van der Waals surface area contributed by atoms with Crippen LogP contribution in [0.3, 0.4) is 0 Å². The predicted molar refractivity (Wildman–Crippen MR) is 44.9 cm³/mol. The molecule has 0 aliphatic carbocycles. The number of fused-ring (bicyclic) bond motifs is 1. The minimum atomic E-state index is 0.391. The van der Waals surface area contributed by atoms with E-state index in [1.165, 1.54) is 6.33 Å². The summed E-state index contributed by atoms with van der Waals surface area (Å²) in [5.74, 6) is 1.37. The van der Waals surface area contributed by atoms with Gasteiger partial charge in [0, 0.05) is 5.92 Å². The van der Waals surface area contributed by atoms with E-state index in [0.29, 0.717) is 5.92 Å². The number of nitrogens with zero attached hydrogens (tertiary/aromatic N) is 4. The second-order valence-corrected chi connectivity index (χ2v) is 3.02. The van der Waals surface area contributed by atoms with Crippen molar-refractivity contribution in [1.29, 1.82) is 0 Å². The van der Waals surface area contributed by atoms with Crippen molar-refractivity contribution in [2.24, 2.45) is 0 Å². The van der Waals surface area contributed by atoms with Crippen molar-refractivity contribution in [3.05, 3.63) is 24.5 Å². The van der Waals surface area contributed by atoms with Gasteiger partial charge in [0.2, 0.25) is 0 Å². The summed E-state index contributed by atoms with van der Waals surface area (Å²) in [5, 5.41) is 4.11. The van der Waals surface area contributed by atoms with Crippen molar-refractivity contribution in [3.8, 4) is 0 Å². The van der Waals surface area contributed by atoms with Crippen LogP contribution in [0.5, 0.6) is 0 Å². The molecule has 4 nitrogen and oxygen atoms in total. The van der Waals surface area contributed by atoms with E-state index in [1.807, 2.05) is 4.52 Å². The zero-order valence-electron chi connectivity index (χ0n) is 7.10. The van der Waals surface area contributed by atoms with E-state index < -0.39 is 0 Å². The monoisotopic (exact) mass is 162 g/mol. The first-order valence-electron chi connectivity index (χ1n) is 3.92. The second-order valence-electron chi connectivity index (χ2n) is 3.02. The maximum absolute atomic E-state index is 4.26. The molecule has 0 aliphatic heterocycles. The zero-order valence-corrected chi connectivity index (χ0v) is 7.10. The first-order chi connectivity index (χ1) is 5.79. The van der Waals surface area contributed by atoms with Gasteiger partial charge in [-0.2, -0.15) is 5.10 Å². The number of imidazole rings is 1. The van der Waals surface area contributed by atoms with Crippen molar-refractivity contribution in [2.45, 2.75) is 19.8 Å². The fourth-order valence-corrected chi connectivity index (χ4v) is 1.17. The Labute approximate surface area is 70.3 Å². The van der Waals surface area contributed by atoms with Crippen LogP contribution in [0.25, 0.3) is 5.52 Å². The molecular formula is C8H10N4. The van der Waals surface area contributed by atoms with Gasteiger partial charge >= 0.3 is 0 Å². The molecule has 0 saturated heterocycles. The van der Waals surface area contributed by atoms with E-state index in [0.717, 1.165) is 11.3 Å². The average molecular weight is 162 g/mol. The molecule has 0 bridgehead atoms. The van der Waals surface area contributed by atoms with E-state index in [1.54, 1.807) is 12.4 Å². The van der Waals surface area contributed by atoms with Crippen molar-refractivity contribution >= 4 is 5.52 Å². The van der Waals surface area contributed by atoms with E-state index >= 15 is 0 Å².